The van der Waals surface area contributed by atoms with Crippen LogP contribution in [0.25, 0.3) is 0 Å². The summed E-state index contributed by atoms with van der Waals surface area (Å²) >= 11 is 2.08. The fourth-order valence-corrected chi connectivity index (χ4v) is 15.9. The zero-order valence-electron chi connectivity index (χ0n) is 21.7. The van der Waals surface area contributed by atoms with Gasteiger partial charge in [-0.15, -0.1) is 11.8 Å². The Kier molecular flexibility index (Phi) is 6.48. The molecule has 2 aliphatic heterocycles. The fraction of sp³-hybridized carbons (Fsp3) is 0.724. The van der Waals surface area contributed by atoms with E-state index >= 15 is 0 Å². The van der Waals surface area contributed by atoms with Crippen molar-refractivity contribution >= 4 is 45.3 Å². The average molecular weight is 547 g/mol. The second kappa shape index (κ2) is 9.15. The number of esters is 2. The van der Waals surface area contributed by atoms with Gasteiger partial charge < -0.3 is 9.47 Å². The molecule has 2 saturated heterocycles. The summed E-state index contributed by atoms with van der Waals surface area (Å²) in [6, 6.07) is 10.9. The molecule has 36 heavy (non-hydrogen) atoms. The van der Waals surface area contributed by atoms with Gasteiger partial charge in [0, 0.05) is 34.2 Å². The predicted molar refractivity (Wildman–Crippen MR) is 148 cm³/mol. The Morgan fingerprint density at radius 3 is 2.39 bits per heavy atom. The molecule has 196 valence electrons. The van der Waals surface area contributed by atoms with Crippen LogP contribution < -0.4 is 0 Å². The van der Waals surface area contributed by atoms with E-state index in [-0.39, 0.29) is 39.7 Å². The van der Waals surface area contributed by atoms with Gasteiger partial charge >= 0.3 is 11.9 Å². The summed E-state index contributed by atoms with van der Waals surface area (Å²) in [5, 5.41) is 0.758. The van der Waals surface area contributed by atoms with Gasteiger partial charge in [0.2, 0.25) is 0 Å². The minimum atomic E-state index is -0.149. The Labute approximate surface area is 227 Å². The van der Waals surface area contributed by atoms with Crippen LogP contribution in [-0.4, -0.2) is 39.4 Å². The van der Waals surface area contributed by atoms with Crippen molar-refractivity contribution in [1.29, 1.82) is 0 Å². The fourth-order valence-electron chi connectivity index (χ4n) is 9.23. The number of thioether (sulfide) groups is 1. The summed E-state index contributed by atoms with van der Waals surface area (Å²) in [6.45, 7) is 8.14. The molecule has 0 spiro atoms. The molecule has 10 atom stereocenters. The van der Waals surface area contributed by atoms with Crippen LogP contribution in [-0.2, 0) is 19.1 Å². The Bertz CT molecular complexity index is 1030. The Morgan fingerprint density at radius 1 is 0.917 bits per heavy atom. The lowest BCUT2D eigenvalue weighted by molar-refractivity contribution is -0.162. The molecule has 0 N–H and O–H groups in total. The molecule has 2 heterocycles. The third kappa shape index (κ3) is 3.65. The molecule has 4 nitrogen and oxygen atoms in total. The summed E-state index contributed by atoms with van der Waals surface area (Å²) in [5.74, 6) is 1.67. The third-order valence-corrected chi connectivity index (χ3v) is 16.2. The van der Waals surface area contributed by atoms with E-state index in [1.54, 1.807) is 13.8 Å². The van der Waals surface area contributed by atoms with Gasteiger partial charge in [-0.05, 0) is 80.2 Å². The second-order valence-corrected chi connectivity index (χ2v) is 16.2. The second-order valence-electron chi connectivity index (χ2n) is 12.2. The lowest BCUT2D eigenvalue weighted by Crippen LogP contribution is -2.72. The zero-order chi connectivity index (χ0) is 25.3. The smallest absolute Gasteiger partial charge is 0.302 e. The van der Waals surface area contributed by atoms with Gasteiger partial charge in [0.15, 0.2) is 0 Å². The van der Waals surface area contributed by atoms with Gasteiger partial charge in [-0.25, -0.2) is 0 Å². The van der Waals surface area contributed by atoms with Crippen LogP contribution in [0.15, 0.2) is 35.2 Å². The number of hydrogen-bond acceptors (Lipinski definition) is 7. The van der Waals surface area contributed by atoms with E-state index in [2.05, 4.69) is 66.7 Å². The molecule has 0 amide bonds. The molecule has 1 aromatic carbocycles. The highest BCUT2D eigenvalue weighted by Crippen LogP contribution is 2.77. The van der Waals surface area contributed by atoms with Gasteiger partial charge in [-0.3, -0.25) is 9.59 Å². The van der Waals surface area contributed by atoms with E-state index in [4.69, 9.17) is 9.47 Å². The highest BCUT2D eigenvalue weighted by Gasteiger charge is 2.73. The van der Waals surface area contributed by atoms with Crippen molar-refractivity contribution in [3.63, 3.8) is 0 Å². The molecule has 6 aliphatic rings. The van der Waals surface area contributed by atoms with E-state index in [0.29, 0.717) is 28.3 Å². The number of hydrogen-bond donors (Lipinski definition) is 0. The number of fused-ring (bicyclic) bond motifs is 5. The monoisotopic (exact) mass is 546 g/mol. The standard InChI is InChI=1S/C29H38O4S3/c1-17(30)32-23-16-25-28(4)22-13-14-27(3)21(10-11-24(27)33-18(2)31)20(22)12-15-29(28,26(23)36-35-25)34-19-8-6-5-7-9-19/h5-9,20-26H,10-16H2,1-4H3/t20-,21-,22-,23+,24-,25-,26+,27-,28-,29-/m0/s1. The van der Waals surface area contributed by atoms with E-state index in [9.17, 15) is 9.59 Å². The van der Waals surface area contributed by atoms with Crippen LogP contribution in [0.1, 0.15) is 72.6 Å². The summed E-state index contributed by atoms with van der Waals surface area (Å²) in [6.07, 6.45) is 7.93. The topological polar surface area (TPSA) is 52.6 Å². The van der Waals surface area contributed by atoms with Crippen LogP contribution in [0.3, 0.4) is 0 Å². The molecule has 1 aromatic rings. The molecule has 6 fully saturated rings. The molecule has 7 rings (SSSR count). The number of rotatable bonds is 4. The van der Waals surface area contributed by atoms with Crippen molar-refractivity contribution < 1.29 is 19.1 Å². The lowest BCUT2D eigenvalue weighted by atomic mass is 9.44. The maximum atomic E-state index is 12.1. The molecule has 2 bridgehead atoms. The predicted octanol–water partition coefficient (Wildman–Crippen LogP) is 7.16. The van der Waals surface area contributed by atoms with E-state index in [1.807, 2.05) is 10.8 Å². The number of carbonyl (C=O) groups excluding carboxylic acids is 2. The molecule has 0 aromatic heterocycles. The first-order valence-electron chi connectivity index (χ1n) is 13.6. The summed E-state index contributed by atoms with van der Waals surface area (Å²) in [5.41, 5.74) is 0.264. The first-order valence-corrected chi connectivity index (χ1v) is 16.7. The molecular formula is C29H38O4S3. The average Bonchev–Trinajstić information content (AvgIpc) is 3.16. The van der Waals surface area contributed by atoms with E-state index in [0.717, 1.165) is 25.7 Å². The first-order chi connectivity index (χ1) is 17.2. The molecule has 7 heteroatoms. The van der Waals surface area contributed by atoms with Gasteiger partial charge in [-0.2, -0.15) is 0 Å². The van der Waals surface area contributed by atoms with Crippen molar-refractivity contribution in [2.45, 2.75) is 105 Å². The van der Waals surface area contributed by atoms with Crippen LogP contribution in [0.2, 0.25) is 0 Å². The molecule has 0 radical (unpaired) electrons. The highest BCUT2D eigenvalue weighted by atomic mass is 33.1. The summed E-state index contributed by atoms with van der Waals surface area (Å²) in [4.78, 5) is 25.3. The minimum absolute atomic E-state index is 0.00623. The normalized spacial score (nSPS) is 46.8. The Hall–Kier alpha value is -0.790. The number of ether oxygens (including phenoxy) is 2. The first kappa shape index (κ1) is 25.5. The van der Waals surface area contributed by atoms with E-state index in [1.165, 1.54) is 24.2 Å². The maximum Gasteiger partial charge on any atom is 0.302 e. The third-order valence-electron chi connectivity index (χ3n) is 10.7. The van der Waals surface area contributed by atoms with Crippen LogP contribution in [0.5, 0.6) is 0 Å². The lowest BCUT2D eigenvalue weighted by Gasteiger charge is -2.71. The molecule has 0 unspecified atom stereocenters. The van der Waals surface area contributed by atoms with Gasteiger partial charge in [0.25, 0.3) is 0 Å². The largest absolute Gasteiger partial charge is 0.462 e. The van der Waals surface area contributed by atoms with Crippen molar-refractivity contribution in [2.75, 3.05) is 0 Å². The Morgan fingerprint density at radius 2 is 1.67 bits per heavy atom. The van der Waals surface area contributed by atoms with Gasteiger partial charge in [-0.1, -0.05) is 53.6 Å². The summed E-state index contributed by atoms with van der Waals surface area (Å²) in [7, 11) is 4.06. The van der Waals surface area contributed by atoms with Crippen LogP contribution in [0.4, 0.5) is 0 Å². The quantitative estimate of drug-likeness (QED) is 0.293. The zero-order valence-corrected chi connectivity index (χ0v) is 24.2. The number of benzene rings is 1. The molecular weight excluding hydrogens is 509 g/mol. The van der Waals surface area contributed by atoms with Crippen molar-refractivity contribution in [1.82, 2.24) is 0 Å². The SMILES string of the molecule is CC(=O)O[C@H]1CC[C@H]2[C@@H]3CC[C@]4(Sc5ccccc5)[C@@H]5SS[C@@H](C[C@H]5OC(C)=O)[C@]4(C)[C@H]3CC[C@]12C. The van der Waals surface area contributed by atoms with Gasteiger partial charge in [0.1, 0.15) is 12.2 Å². The molecule has 4 saturated carbocycles. The van der Waals surface area contributed by atoms with Crippen molar-refractivity contribution in [3.8, 4) is 0 Å². The van der Waals surface area contributed by atoms with Gasteiger partial charge in [0.05, 0.1) is 5.25 Å². The molecule has 4 aliphatic carbocycles. The number of carbonyl (C=O) groups is 2. The van der Waals surface area contributed by atoms with E-state index < -0.39 is 0 Å². The van der Waals surface area contributed by atoms with Crippen molar-refractivity contribution in [3.05, 3.63) is 30.3 Å². The van der Waals surface area contributed by atoms with Crippen LogP contribution >= 0.6 is 33.3 Å². The summed E-state index contributed by atoms with van der Waals surface area (Å²) < 4.78 is 12.0. The Balaban J connectivity index is 1.38. The minimum Gasteiger partial charge on any atom is -0.462 e. The van der Waals surface area contributed by atoms with Crippen molar-refractivity contribution in [2.24, 2.45) is 28.6 Å². The highest BCUT2D eigenvalue weighted by molar-refractivity contribution is 8.77. The van der Waals surface area contributed by atoms with Crippen LogP contribution in [0, 0.1) is 28.6 Å². The maximum absolute atomic E-state index is 12.1.